The maximum atomic E-state index is 10.2. The van der Waals surface area contributed by atoms with Crippen LogP contribution in [-0.4, -0.2) is 46.6 Å². The minimum atomic E-state index is -0.623. The second kappa shape index (κ2) is 10.6. The van der Waals surface area contributed by atoms with Gasteiger partial charge in [-0.2, -0.15) is 5.10 Å². The number of ether oxygens (including phenoxy) is 1. The van der Waals surface area contributed by atoms with Crippen LogP contribution < -0.4 is 10.6 Å². The van der Waals surface area contributed by atoms with E-state index in [0.29, 0.717) is 19.0 Å². The van der Waals surface area contributed by atoms with Crippen molar-refractivity contribution in [1.29, 1.82) is 0 Å². The van der Waals surface area contributed by atoms with E-state index >= 15 is 0 Å². The normalized spacial score (nSPS) is 14.1. The van der Waals surface area contributed by atoms with Crippen molar-refractivity contribution in [3.05, 3.63) is 53.9 Å². The van der Waals surface area contributed by atoms with Crippen LogP contribution in [0.1, 0.15) is 31.2 Å². The number of hydrogen-bond donors (Lipinski definition) is 3. The molecule has 7 nitrogen and oxygen atoms in total. The van der Waals surface area contributed by atoms with Gasteiger partial charge in [0.25, 0.3) is 0 Å². The fraction of sp³-hybridized carbons (Fsp3) is 0.474. The number of aliphatic hydroxyl groups excluding tert-OH is 1. The molecule has 0 aliphatic heterocycles. The Morgan fingerprint density at radius 2 is 2.04 bits per heavy atom. The van der Waals surface area contributed by atoms with E-state index in [1.807, 2.05) is 57.3 Å². The summed E-state index contributed by atoms with van der Waals surface area (Å²) < 4.78 is 7.55. The van der Waals surface area contributed by atoms with Crippen LogP contribution in [0.4, 0.5) is 0 Å². The number of hydrogen-bond acceptors (Lipinski definition) is 4. The van der Waals surface area contributed by atoms with Crippen LogP contribution in [0.25, 0.3) is 0 Å². The van der Waals surface area contributed by atoms with Crippen LogP contribution in [-0.2, 0) is 18.3 Å². The Labute approximate surface area is 155 Å². The summed E-state index contributed by atoms with van der Waals surface area (Å²) in [6.45, 7) is 5.86. The van der Waals surface area contributed by atoms with Crippen LogP contribution >= 0.6 is 0 Å². The van der Waals surface area contributed by atoms with Crippen molar-refractivity contribution in [3.8, 4) is 0 Å². The molecule has 3 N–H and O–H groups in total. The molecule has 142 valence electrons. The Morgan fingerprint density at radius 1 is 1.27 bits per heavy atom. The lowest BCUT2D eigenvalue weighted by atomic mass is 10.1. The maximum absolute atomic E-state index is 10.2. The third kappa shape index (κ3) is 6.50. The number of aromatic nitrogens is 2. The molecule has 1 aromatic heterocycles. The molecule has 2 rings (SSSR count). The van der Waals surface area contributed by atoms with E-state index in [1.54, 1.807) is 10.9 Å². The SMILES string of the molecule is CCNC(=NCc1ccnn1C)NCC(O)COC(C)c1ccccc1. The van der Waals surface area contributed by atoms with E-state index in [-0.39, 0.29) is 12.7 Å². The van der Waals surface area contributed by atoms with Gasteiger partial charge in [0.05, 0.1) is 31.1 Å². The van der Waals surface area contributed by atoms with Gasteiger partial charge in [-0.05, 0) is 25.5 Å². The highest BCUT2D eigenvalue weighted by molar-refractivity contribution is 5.79. The van der Waals surface area contributed by atoms with Gasteiger partial charge in [-0.25, -0.2) is 4.99 Å². The molecule has 0 saturated carbocycles. The molecule has 0 aliphatic rings. The second-order valence-corrected chi connectivity index (χ2v) is 6.06. The molecule has 0 spiro atoms. The highest BCUT2D eigenvalue weighted by Crippen LogP contribution is 2.15. The van der Waals surface area contributed by atoms with Crippen LogP contribution in [0.2, 0.25) is 0 Å². The molecular weight excluding hydrogens is 330 g/mol. The fourth-order valence-corrected chi connectivity index (χ4v) is 2.41. The highest BCUT2D eigenvalue weighted by Gasteiger charge is 2.10. The van der Waals surface area contributed by atoms with E-state index in [9.17, 15) is 5.11 Å². The second-order valence-electron chi connectivity index (χ2n) is 6.06. The number of aliphatic hydroxyl groups is 1. The van der Waals surface area contributed by atoms with E-state index in [1.165, 1.54) is 0 Å². The third-order valence-electron chi connectivity index (χ3n) is 3.98. The van der Waals surface area contributed by atoms with Crippen molar-refractivity contribution < 1.29 is 9.84 Å². The molecule has 0 saturated heterocycles. The summed E-state index contributed by atoms with van der Waals surface area (Å²) >= 11 is 0. The largest absolute Gasteiger partial charge is 0.389 e. The van der Waals surface area contributed by atoms with Crippen molar-refractivity contribution in [1.82, 2.24) is 20.4 Å². The van der Waals surface area contributed by atoms with Crippen molar-refractivity contribution in [3.63, 3.8) is 0 Å². The molecule has 2 unspecified atom stereocenters. The van der Waals surface area contributed by atoms with E-state index in [4.69, 9.17) is 4.74 Å². The summed E-state index contributed by atoms with van der Waals surface area (Å²) in [6, 6.07) is 11.9. The summed E-state index contributed by atoms with van der Waals surface area (Å²) in [5.41, 5.74) is 2.11. The molecule has 1 aromatic carbocycles. The van der Waals surface area contributed by atoms with E-state index < -0.39 is 6.10 Å². The summed E-state index contributed by atoms with van der Waals surface area (Å²) in [7, 11) is 1.89. The van der Waals surface area contributed by atoms with Crippen LogP contribution in [0.3, 0.4) is 0 Å². The Balaban J connectivity index is 1.77. The Kier molecular flexibility index (Phi) is 8.11. The van der Waals surface area contributed by atoms with Gasteiger partial charge >= 0.3 is 0 Å². The lowest BCUT2D eigenvalue weighted by molar-refractivity contribution is -0.000599. The highest BCUT2D eigenvalue weighted by atomic mass is 16.5. The summed E-state index contributed by atoms with van der Waals surface area (Å²) in [5, 5.41) is 20.6. The lowest BCUT2D eigenvalue weighted by Gasteiger charge is -2.18. The molecule has 7 heteroatoms. The zero-order valence-electron chi connectivity index (χ0n) is 15.7. The number of rotatable bonds is 9. The first-order chi connectivity index (χ1) is 12.6. The molecule has 26 heavy (non-hydrogen) atoms. The van der Waals surface area contributed by atoms with Crippen molar-refractivity contribution >= 4 is 5.96 Å². The van der Waals surface area contributed by atoms with E-state index in [2.05, 4.69) is 20.7 Å². The van der Waals surface area contributed by atoms with Crippen molar-refractivity contribution in [2.24, 2.45) is 12.0 Å². The van der Waals surface area contributed by atoms with Gasteiger partial charge in [0.1, 0.15) is 0 Å². The molecular formula is C19H29N5O2. The summed E-state index contributed by atoms with van der Waals surface area (Å²) in [6.07, 6.45) is 1.07. The first-order valence-corrected chi connectivity index (χ1v) is 8.93. The molecule has 2 atom stereocenters. The fourth-order valence-electron chi connectivity index (χ4n) is 2.41. The Morgan fingerprint density at radius 3 is 2.69 bits per heavy atom. The van der Waals surface area contributed by atoms with Crippen molar-refractivity contribution in [2.75, 3.05) is 19.7 Å². The Hall–Kier alpha value is -2.38. The average Bonchev–Trinajstić information content (AvgIpc) is 3.07. The number of aliphatic imine (C=N–C) groups is 1. The lowest BCUT2D eigenvalue weighted by Crippen LogP contribution is -2.42. The molecule has 0 radical (unpaired) electrons. The maximum Gasteiger partial charge on any atom is 0.191 e. The predicted molar refractivity (Wildman–Crippen MR) is 103 cm³/mol. The topological polar surface area (TPSA) is 83.7 Å². The summed E-state index contributed by atoms with van der Waals surface area (Å²) in [5.74, 6) is 0.656. The third-order valence-corrected chi connectivity index (χ3v) is 3.98. The van der Waals surface area contributed by atoms with Gasteiger partial charge in [0, 0.05) is 26.3 Å². The number of aryl methyl sites for hydroxylation is 1. The zero-order valence-corrected chi connectivity index (χ0v) is 15.7. The van der Waals surface area contributed by atoms with Gasteiger partial charge in [-0.15, -0.1) is 0 Å². The molecule has 0 aliphatic carbocycles. The number of guanidine groups is 1. The van der Waals surface area contributed by atoms with Gasteiger partial charge in [0.2, 0.25) is 0 Å². The Bertz CT molecular complexity index is 672. The van der Waals surface area contributed by atoms with Crippen molar-refractivity contribution in [2.45, 2.75) is 32.6 Å². The standard InChI is InChI=1S/C19H29N5O2/c1-4-20-19(21-12-17-10-11-23-24(17)3)22-13-18(25)14-26-15(2)16-8-6-5-7-9-16/h5-11,15,18,25H,4,12-14H2,1-3H3,(H2,20,21,22). The van der Waals surface area contributed by atoms with Gasteiger partial charge in [-0.3, -0.25) is 4.68 Å². The number of nitrogens with zero attached hydrogens (tertiary/aromatic N) is 3. The number of nitrogens with one attached hydrogen (secondary N) is 2. The van der Waals surface area contributed by atoms with E-state index in [0.717, 1.165) is 17.8 Å². The average molecular weight is 359 g/mol. The predicted octanol–water partition coefficient (Wildman–Crippen LogP) is 1.61. The summed E-state index contributed by atoms with van der Waals surface area (Å²) in [4.78, 5) is 4.51. The molecule has 2 aromatic rings. The van der Waals surface area contributed by atoms with Crippen LogP contribution in [0.15, 0.2) is 47.6 Å². The van der Waals surface area contributed by atoms with Gasteiger partial charge in [0.15, 0.2) is 5.96 Å². The molecule has 0 fully saturated rings. The van der Waals surface area contributed by atoms with Gasteiger partial charge in [-0.1, -0.05) is 30.3 Å². The first-order valence-electron chi connectivity index (χ1n) is 8.93. The minimum absolute atomic E-state index is 0.0578. The first kappa shape index (κ1) is 19.9. The monoisotopic (exact) mass is 359 g/mol. The smallest absolute Gasteiger partial charge is 0.191 e. The molecule has 0 amide bonds. The quantitative estimate of drug-likeness (QED) is 0.468. The van der Waals surface area contributed by atoms with Gasteiger partial charge < -0.3 is 20.5 Å². The molecule has 1 heterocycles. The minimum Gasteiger partial charge on any atom is -0.389 e. The van der Waals surface area contributed by atoms with Crippen LogP contribution in [0.5, 0.6) is 0 Å². The van der Waals surface area contributed by atoms with Crippen LogP contribution in [0, 0.1) is 0 Å². The zero-order chi connectivity index (χ0) is 18.8. The number of benzene rings is 1. The molecule has 0 bridgehead atoms.